The Labute approximate surface area is 206 Å². The minimum atomic E-state index is -1.42. The first-order valence-corrected chi connectivity index (χ1v) is 14.5. The van der Waals surface area contributed by atoms with Crippen molar-refractivity contribution in [2.45, 2.75) is 0 Å². The molecule has 4 aromatic carbocycles. The van der Waals surface area contributed by atoms with E-state index in [4.69, 9.17) is 9.38 Å². The summed E-state index contributed by atoms with van der Waals surface area (Å²) in [7, 11) is 0. The SMILES string of the molecule is c1cnc2c(c1)ccc1cccc([O][Ga][O][Ga][O]c3cccc4ccc5cccnc5c34)c12. The predicted octanol–water partition coefficient (Wildman–Crippen LogP) is 5.63. The zero-order chi connectivity index (χ0) is 22.0. The molecule has 7 heteroatoms. The second-order valence-electron chi connectivity index (χ2n) is 7.55. The maximum absolute atomic E-state index is 6.16. The molecule has 2 radical (unpaired) electrons. The average Bonchev–Trinajstić information content (AvgIpc) is 2.88. The van der Waals surface area contributed by atoms with Crippen LogP contribution in [0.4, 0.5) is 0 Å². The molecule has 0 aliphatic carbocycles. The normalized spacial score (nSPS) is 11.2. The van der Waals surface area contributed by atoms with E-state index in [2.05, 4.69) is 58.5 Å². The topological polar surface area (TPSA) is 53.5 Å². The van der Waals surface area contributed by atoms with Crippen LogP contribution in [0.2, 0.25) is 0 Å². The maximum atomic E-state index is 6.16. The van der Waals surface area contributed by atoms with Gasteiger partial charge in [0.25, 0.3) is 0 Å². The fourth-order valence-electron chi connectivity index (χ4n) is 4.14. The van der Waals surface area contributed by atoms with Gasteiger partial charge in [-0.2, -0.15) is 0 Å². The molecule has 2 aromatic heterocycles. The molecule has 33 heavy (non-hydrogen) atoms. The van der Waals surface area contributed by atoms with Crippen molar-refractivity contribution in [2.75, 3.05) is 0 Å². The summed E-state index contributed by atoms with van der Waals surface area (Å²) in [5.41, 5.74) is 1.90. The van der Waals surface area contributed by atoms with Crippen LogP contribution >= 0.6 is 0 Å². The Morgan fingerprint density at radius 3 is 1.45 bits per heavy atom. The van der Waals surface area contributed by atoms with E-state index in [0.29, 0.717) is 0 Å². The van der Waals surface area contributed by atoms with Crippen molar-refractivity contribution >= 4 is 79.6 Å². The van der Waals surface area contributed by atoms with Gasteiger partial charge in [-0.1, -0.05) is 0 Å². The third kappa shape index (κ3) is 3.98. The zero-order valence-electron chi connectivity index (χ0n) is 17.5. The van der Waals surface area contributed by atoms with Gasteiger partial charge in [-0.15, -0.1) is 0 Å². The Morgan fingerprint density at radius 1 is 0.485 bits per heavy atom. The number of aromatic nitrogens is 2. The van der Waals surface area contributed by atoms with Gasteiger partial charge in [-0.05, 0) is 0 Å². The average molecular weight is 544 g/mol. The molecule has 0 bridgehead atoms. The summed E-state index contributed by atoms with van der Waals surface area (Å²) in [5, 5.41) is 6.49. The summed E-state index contributed by atoms with van der Waals surface area (Å²) in [6, 6.07) is 28.6. The van der Waals surface area contributed by atoms with Gasteiger partial charge in [0.15, 0.2) is 0 Å². The molecular formula is C26H16Ga2N2O3. The molecule has 0 saturated carbocycles. The number of nitrogens with zero attached hydrogens (tertiary/aromatic N) is 2. The second kappa shape index (κ2) is 9.13. The Kier molecular flexibility index (Phi) is 5.71. The Balaban J connectivity index is 1.20. The van der Waals surface area contributed by atoms with E-state index in [-0.39, 0.29) is 0 Å². The molecule has 2 heterocycles. The van der Waals surface area contributed by atoms with Crippen LogP contribution in [0.15, 0.2) is 97.3 Å². The molecule has 0 aliphatic heterocycles. The van der Waals surface area contributed by atoms with E-state index in [1.165, 1.54) is 0 Å². The van der Waals surface area contributed by atoms with Crippen LogP contribution in [-0.2, 0) is 2.32 Å². The van der Waals surface area contributed by atoms with Crippen molar-refractivity contribution in [3.8, 4) is 11.5 Å². The Bertz CT molecular complexity index is 1500. The summed E-state index contributed by atoms with van der Waals surface area (Å²) < 4.78 is 18.3. The van der Waals surface area contributed by atoms with Crippen LogP contribution < -0.4 is 7.06 Å². The molecule has 5 nitrogen and oxygen atoms in total. The van der Waals surface area contributed by atoms with Gasteiger partial charge in [-0.25, -0.2) is 0 Å². The summed E-state index contributed by atoms with van der Waals surface area (Å²) in [4.78, 5) is 9.17. The van der Waals surface area contributed by atoms with Gasteiger partial charge in [0.2, 0.25) is 0 Å². The molecular weight excluding hydrogens is 528 g/mol. The molecule has 0 N–H and O–H groups in total. The number of pyridine rings is 2. The summed E-state index contributed by atoms with van der Waals surface area (Å²) >= 11 is -2.84. The molecule has 0 spiro atoms. The van der Waals surface area contributed by atoms with Crippen LogP contribution in [0.1, 0.15) is 0 Å². The van der Waals surface area contributed by atoms with Gasteiger partial charge >= 0.3 is 208 Å². The van der Waals surface area contributed by atoms with Gasteiger partial charge < -0.3 is 0 Å². The predicted molar refractivity (Wildman–Crippen MR) is 132 cm³/mol. The summed E-state index contributed by atoms with van der Waals surface area (Å²) in [6.45, 7) is 0. The molecule has 0 amide bonds. The van der Waals surface area contributed by atoms with Crippen molar-refractivity contribution in [3.05, 3.63) is 97.3 Å². The van der Waals surface area contributed by atoms with E-state index in [9.17, 15) is 0 Å². The Morgan fingerprint density at radius 2 is 0.939 bits per heavy atom. The van der Waals surface area contributed by atoms with Gasteiger partial charge in [0.1, 0.15) is 0 Å². The van der Waals surface area contributed by atoms with E-state index in [1.54, 1.807) is 0 Å². The van der Waals surface area contributed by atoms with E-state index < -0.39 is 36.3 Å². The third-order valence-corrected chi connectivity index (χ3v) is 9.97. The van der Waals surface area contributed by atoms with Crippen LogP contribution in [0.3, 0.4) is 0 Å². The molecule has 6 rings (SSSR count). The van der Waals surface area contributed by atoms with Crippen molar-refractivity contribution in [2.24, 2.45) is 0 Å². The first-order chi connectivity index (χ1) is 16.4. The fourth-order valence-corrected chi connectivity index (χ4v) is 7.43. The van der Waals surface area contributed by atoms with E-state index in [1.807, 2.05) is 48.8 Å². The van der Waals surface area contributed by atoms with Crippen molar-refractivity contribution in [1.82, 2.24) is 9.97 Å². The molecule has 154 valence electrons. The van der Waals surface area contributed by atoms with Crippen molar-refractivity contribution in [3.63, 3.8) is 0 Å². The number of rotatable bonds is 6. The second-order valence-corrected chi connectivity index (χ2v) is 12.9. The van der Waals surface area contributed by atoms with Gasteiger partial charge in [0, 0.05) is 0 Å². The summed E-state index contributed by atoms with van der Waals surface area (Å²) in [6.07, 6.45) is 3.64. The van der Waals surface area contributed by atoms with Crippen LogP contribution in [0.5, 0.6) is 11.5 Å². The first kappa shape index (κ1) is 20.6. The monoisotopic (exact) mass is 542 g/mol. The molecule has 0 unspecified atom stereocenters. The third-order valence-electron chi connectivity index (χ3n) is 5.61. The van der Waals surface area contributed by atoms with Crippen LogP contribution in [0, 0.1) is 0 Å². The fraction of sp³-hybridized carbons (Fsp3) is 0. The molecule has 0 fully saturated rings. The van der Waals surface area contributed by atoms with Crippen molar-refractivity contribution in [1.29, 1.82) is 0 Å². The zero-order valence-corrected chi connectivity index (χ0v) is 22.4. The molecule has 0 aliphatic rings. The van der Waals surface area contributed by atoms with Gasteiger partial charge in [0.05, 0.1) is 0 Å². The minimum absolute atomic E-state index is 0.828. The molecule has 0 saturated heterocycles. The first-order valence-electron chi connectivity index (χ1n) is 10.5. The standard InChI is InChI=1S/2C13H9NO.2Ga.O/c2*15-11-5-1-3-9-6-7-10-4-2-8-14-13(10)12(9)11;;;/h2*1-8,15H;;;/q;;2*+1;/p-2. The van der Waals surface area contributed by atoms with Crippen LogP contribution in [0.25, 0.3) is 43.4 Å². The number of benzene rings is 4. The quantitative estimate of drug-likeness (QED) is 0.155. The molecule has 0 atom stereocenters. The number of fused-ring (bicyclic) bond motifs is 6. The number of hydrogen-bond acceptors (Lipinski definition) is 5. The molecule has 6 aromatic rings. The Hall–Kier alpha value is -2.95. The van der Waals surface area contributed by atoms with E-state index >= 15 is 0 Å². The summed E-state index contributed by atoms with van der Waals surface area (Å²) in [5.74, 6) is 1.66. The number of hydrogen-bond donors (Lipinski definition) is 0. The van der Waals surface area contributed by atoms with Crippen molar-refractivity contribution < 1.29 is 9.38 Å². The van der Waals surface area contributed by atoms with Gasteiger partial charge in [-0.3, -0.25) is 0 Å². The van der Waals surface area contributed by atoms with E-state index in [0.717, 1.165) is 54.8 Å². The van der Waals surface area contributed by atoms with Crippen LogP contribution in [-0.4, -0.2) is 46.2 Å².